The number of hydrogen-bond donors (Lipinski definition) is 0. The predicted octanol–water partition coefficient (Wildman–Crippen LogP) is 23.3. The van der Waals surface area contributed by atoms with Gasteiger partial charge in [-0.05, 0) is 116 Å². The van der Waals surface area contributed by atoms with E-state index in [0.717, 1.165) is 96.3 Å². The summed E-state index contributed by atoms with van der Waals surface area (Å²) >= 11 is 0. The number of ether oxygens (including phenoxy) is 3. The van der Waals surface area contributed by atoms with Gasteiger partial charge in [0.1, 0.15) is 13.2 Å². The van der Waals surface area contributed by atoms with Crippen molar-refractivity contribution < 1.29 is 28.6 Å². The second kappa shape index (κ2) is 66.4. The Balaban J connectivity index is 4.27. The summed E-state index contributed by atoms with van der Waals surface area (Å²) in [4.78, 5) is 38.3. The van der Waals surface area contributed by atoms with E-state index in [1.807, 2.05) is 0 Å². The number of esters is 3. The van der Waals surface area contributed by atoms with Crippen LogP contribution in [-0.2, 0) is 28.6 Å². The second-order valence-corrected chi connectivity index (χ2v) is 22.7. The first-order valence-corrected chi connectivity index (χ1v) is 33.9. The standard InChI is InChI=1S/C72H128O6/c1-4-7-10-13-16-19-22-25-27-29-31-33-34-35-36-37-38-40-41-43-45-47-50-53-56-59-62-65-71(74)77-68-69(67-76-70(73)64-61-58-55-52-49-24-21-18-15-12-9-6-3)78-72(75)66-63-60-57-54-51-48-46-44-42-39-32-30-28-26-23-20-17-14-11-8-5-2/h18,21-23,25-26,29-32,42,44,69H,4-17,19-20,24,27-28,33-41,43,45-68H2,1-3H3/b21-18-,25-22-,26-23-,31-29-,32-30-,44-42-. The van der Waals surface area contributed by atoms with Crippen LogP contribution in [0.3, 0.4) is 0 Å². The van der Waals surface area contributed by atoms with E-state index in [9.17, 15) is 14.4 Å². The van der Waals surface area contributed by atoms with Crippen molar-refractivity contribution in [1.29, 1.82) is 0 Å². The molecular weight excluding hydrogens is 961 g/mol. The van der Waals surface area contributed by atoms with Gasteiger partial charge in [-0.1, -0.05) is 286 Å². The van der Waals surface area contributed by atoms with Gasteiger partial charge in [0.25, 0.3) is 0 Å². The summed E-state index contributed by atoms with van der Waals surface area (Å²) in [5.41, 5.74) is 0. The zero-order valence-electron chi connectivity index (χ0n) is 51.9. The Morgan fingerprint density at radius 3 is 0.756 bits per heavy atom. The van der Waals surface area contributed by atoms with Crippen LogP contribution in [0.15, 0.2) is 72.9 Å². The molecule has 452 valence electrons. The van der Waals surface area contributed by atoms with Crippen LogP contribution in [0.2, 0.25) is 0 Å². The van der Waals surface area contributed by atoms with Crippen LogP contribution in [0.25, 0.3) is 0 Å². The fraction of sp³-hybridized carbons (Fsp3) is 0.792. The minimum Gasteiger partial charge on any atom is -0.462 e. The van der Waals surface area contributed by atoms with Gasteiger partial charge in [0.05, 0.1) is 0 Å². The van der Waals surface area contributed by atoms with E-state index in [-0.39, 0.29) is 31.1 Å². The molecule has 0 rings (SSSR count). The Morgan fingerprint density at radius 2 is 0.462 bits per heavy atom. The molecule has 0 saturated heterocycles. The summed E-state index contributed by atoms with van der Waals surface area (Å²) in [5, 5.41) is 0. The molecule has 0 aromatic rings. The van der Waals surface area contributed by atoms with Gasteiger partial charge in [-0.25, -0.2) is 0 Å². The molecule has 0 aliphatic heterocycles. The minimum absolute atomic E-state index is 0.0814. The Morgan fingerprint density at radius 1 is 0.256 bits per heavy atom. The van der Waals surface area contributed by atoms with E-state index in [1.54, 1.807) is 0 Å². The van der Waals surface area contributed by atoms with Gasteiger partial charge >= 0.3 is 17.9 Å². The van der Waals surface area contributed by atoms with E-state index in [4.69, 9.17) is 14.2 Å². The van der Waals surface area contributed by atoms with E-state index in [2.05, 4.69) is 93.7 Å². The lowest BCUT2D eigenvalue weighted by Gasteiger charge is -2.18. The van der Waals surface area contributed by atoms with Crippen molar-refractivity contribution in [3.8, 4) is 0 Å². The Labute approximate surface area is 484 Å². The fourth-order valence-electron chi connectivity index (χ4n) is 9.77. The van der Waals surface area contributed by atoms with Crippen LogP contribution >= 0.6 is 0 Å². The van der Waals surface area contributed by atoms with Crippen LogP contribution in [0.1, 0.15) is 348 Å². The minimum atomic E-state index is -0.786. The summed E-state index contributed by atoms with van der Waals surface area (Å²) < 4.78 is 16.9. The maximum atomic E-state index is 12.9. The van der Waals surface area contributed by atoms with Crippen molar-refractivity contribution >= 4 is 17.9 Å². The molecule has 1 unspecified atom stereocenters. The van der Waals surface area contributed by atoms with Crippen LogP contribution in [0.4, 0.5) is 0 Å². The van der Waals surface area contributed by atoms with Crippen molar-refractivity contribution in [2.45, 2.75) is 354 Å². The number of hydrogen-bond acceptors (Lipinski definition) is 6. The third-order valence-corrected chi connectivity index (χ3v) is 14.9. The van der Waals surface area contributed by atoms with Crippen molar-refractivity contribution in [1.82, 2.24) is 0 Å². The van der Waals surface area contributed by atoms with Crippen molar-refractivity contribution in [2.75, 3.05) is 13.2 Å². The van der Waals surface area contributed by atoms with Gasteiger partial charge in [-0.2, -0.15) is 0 Å². The van der Waals surface area contributed by atoms with Crippen molar-refractivity contribution in [3.05, 3.63) is 72.9 Å². The van der Waals surface area contributed by atoms with Gasteiger partial charge in [0.2, 0.25) is 0 Å². The maximum Gasteiger partial charge on any atom is 0.306 e. The second-order valence-electron chi connectivity index (χ2n) is 22.7. The highest BCUT2D eigenvalue weighted by Crippen LogP contribution is 2.17. The van der Waals surface area contributed by atoms with Crippen molar-refractivity contribution in [2.24, 2.45) is 0 Å². The first-order valence-electron chi connectivity index (χ1n) is 33.9. The van der Waals surface area contributed by atoms with Gasteiger partial charge in [0.15, 0.2) is 6.10 Å². The average molecular weight is 1090 g/mol. The molecule has 0 aromatic heterocycles. The molecule has 0 aliphatic rings. The smallest absolute Gasteiger partial charge is 0.306 e. The summed E-state index contributed by atoms with van der Waals surface area (Å²) in [6, 6.07) is 0. The molecule has 0 fully saturated rings. The van der Waals surface area contributed by atoms with Crippen LogP contribution in [-0.4, -0.2) is 37.2 Å². The van der Waals surface area contributed by atoms with Crippen LogP contribution in [0, 0.1) is 0 Å². The molecule has 0 bridgehead atoms. The van der Waals surface area contributed by atoms with E-state index >= 15 is 0 Å². The SMILES string of the molecule is CCCCC/C=C\CCCCCCCC(=O)OCC(COC(=O)CCCCCCCCCCCCCCCCC/C=C\C/C=C\CCCCCCC)OC(=O)CCCCCCCC/C=C\C/C=C\C/C=C\CCCCCCC. The first-order chi connectivity index (χ1) is 38.5. The molecule has 0 N–H and O–H groups in total. The van der Waals surface area contributed by atoms with E-state index in [1.165, 1.54) is 212 Å². The summed E-state index contributed by atoms with van der Waals surface area (Å²) in [6.45, 7) is 6.62. The summed E-state index contributed by atoms with van der Waals surface area (Å²) in [6.07, 6.45) is 86.3. The highest BCUT2D eigenvalue weighted by molar-refractivity contribution is 5.71. The van der Waals surface area contributed by atoms with Gasteiger partial charge in [0, 0.05) is 19.3 Å². The molecule has 0 spiro atoms. The number of carbonyl (C=O) groups is 3. The van der Waals surface area contributed by atoms with E-state index < -0.39 is 6.10 Å². The Kier molecular flexibility index (Phi) is 63.7. The zero-order chi connectivity index (χ0) is 56.4. The third-order valence-electron chi connectivity index (χ3n) is 14.9. The lowest BCUT2D eigenvalue weighted by Crippen LogP contribution is -2.30. The fourth-order valence-corrected chi connectivity index (χ4v) is 9.77. The first kappa shape index (κ1) is 74.8. The van der Waals surface area contributed by atoms with E-state index in [0.29, 0.717) is 19.3 Å². The summed E-state index contributed by atoms with van der Waals surface area (Å²) in [7, 11) is 0. The van der Waals surface area contributed by atoms with Crippen LogP contribution < -0.4 is 0 Å². The highest BCUT2D eigenvalue weighted by atomic mass is 16.6. The lowest BCUT2D eigenvalue weighted by atomic mass is 10.0. The number of rotatable bonds is 62. The molecule has 78 heavy (non-hydrogen) atoms. The zero-order valence-corrected chi connectivity index (χ0v) is 51.9. The Bertz CT molecular complexity index is 1440. The summed E-state index contributed by atoms with van der Waals surface area (Å²) in [5.74, 6) is -0.888. The number of allylic oxidation sites excluding steroid dienone is 12. The van der Waals surface area contributed by atoms with Gasteiger partial charge in [-0.3, -0.25) is 14.4 Å². The molecule has 0 aromatic carbocycles. The molecule has 0 aliphatic carbocycles. The lowest BCUT2D eigenvalue weighted by molar-refractivity contribution is -0.167. The molecule has 6 heteroatoms. The van der Waals surface area contributed by atoms with Crippen molar-refractivity contribution in [3.63, 3.8) is 0 Å². The molecule has 0 heterocycles. The average Bonchev–Trinajstić information content (AvgIpc) is 3.44. The quantitative estimate of drug-likeness (QED) is 0.0261. The van der Waals surface area contributed by atoms with Gasteiger partial charge < -0.3 is 14.2 Å². The number of unbranched alkanes of at least 4 members (excludes halogenated alkanes) is 39. The molecular formula is C72H128O6. The Hall–Kier alpha value is -3.15. The maximum absolute atomic E-state index is 12.9. The molecule has 0 amide bonds. The largest absolute Gasteiger partial charge is 0.462 e. The highest BCUT2D eigenvalue weighted by Gasteiger charge is 2.19. The van der Waals surface area contributed by atoms with Gasteiger partial charge in [-0.15, -0.1) is 0 Å². The molecule has 0 radical (unpaired) electrons. The number of carbonyl (C=O) groups excluding carboxylic acids is 3. The predicted molar refractivity (Wildman–Crippen MR) is 339 cm³/mol. The topological polar surface area (TPSA) is 78.9 Å². The van der Waals surface area contributed by atoms with Crippen LogP contribution in [0.5, 0.6) is 0 Å². The molecule has 1 atom stereocenters. The molecule has 6 nitrogen and oxygen atoms in total. The normalized spacial score (nSPS) is 12.5. The molecule has 0 saturated carbocycles. The third kappa shape index (κ3) is 63.7. The monoisotopic (exact) mass is 1090 g/mol.